The minimum Gasteiger partial charge on any atom is -0.477 e. The molecule has 27 heavy (non-hydrogen) atoms. The second kappa shape index (κ2) is 6.28. The van der Waals surface area contributed by atoms with Gasteiger partial charge in [0.2, 0.25) is 5.43 Å². The molecule has 3 aromatic rings. The summed E-state index contributed by atoms with van der Waals surface area (Å²) in [6.07, 6.45) is 1.26. The van der Waals surface area contributed by atoms with Crippen LogP contribution in [-0.4, -0.2) is 32.6 Å². The number of aromatic carboxylic acids is 1. The summed E-state index contributed by atoms with van der Waals surface area (Å²) in [4.78, 5) is 30.3. The lowest BCUT2D eigenvalue weighted by Gasteiger charge is -2.12. The van der Waals surface area contributed by atoms with Crippen LogP contribution in [0.5, 0.6) is 0 Å². The largest absolute Gasteiger partial charge is 0.477 e. The van der Waals surface area contributed by atoms with E-state index in [0.29, 0.717) is 12.1 Å². The Bertz CT molecular complexity index is 1150. The van der Waals surface area contributed by atoms with E-state index in [4.69, 9.17) is 0 Å². The number of hydrogen-bond acceptors (Lipinski definition) is 4. The van der Waals surface area contributed by atoms with Gasteiger partial charge in [0.25, 0.3) is 0 Å². The van der Waals surface area contributed by atoms with Crippen LogP contribution in [0.2, 0.25) is 0 Å². The highest BCUT2D eigenvalue weighted by molar-refractivity contribution is 5.92. The van der Waals surface area contributed by atoms with E-state index in [2.05, 4.69) is 9.88 Å². The predicted molar refractivity (Wildman–Crippen MR) is 99.2 cm³/mol. The van der Waals surface area contributed by atoms with Crippen LogP contribution in [0.1, 0.15) is 28.4 Å². The SMILES string of the molecule is CCn1cc(C(=O)O)c(=O)c2cc(F)c(-c3ccc4c(c3)CN(C)C4)nc21. The lowest BCUT2D eigenvalue weighted by Crippen LogP contribution is -2.19. The molecule has 0 unspecified atom stereocenters. The Morgan fingerprint density at radius 2 is 2.00 bits per heavy atom. The number of pyridine rings is 2. The highest BCUT2D eigenvalue weighted by Crippen LogP contribution is 2.29. The van der Waals surface area contributed by atoms with Gasteiger partial charge in [-0.05, 0) is 37.2 Å². The van der Waals surface area contributed by atoms with E-state index in [1.165, 1.54) is 11.8 Å². The van der Waals surface area contributed by atoms with Gasteiger partial charge < -0.3 is 9.67 Å². The van der Waals surface area contributed by atoms with E-state index >= 15 is 0 Å². The number of nitrogens with zero attached hydrogens (tertiary/aromatic N) is 3. The molecule has 0 aliphatic carbocycles. The monoisotopic (exact) mass is 367 g/mol. The maximum absolute atomic E-state index is 14.8. The van der Waals surface area contributed by atoms with Crippen molar-refractivity contribution in [2.75, 3.05) is 7.05 Å². The summed E-state index contributed by atoms with van der Waals surface area (Å²) in [7, 11) is 2.02. The molecule has 0 fully saturated rings. The second-order valence-electron chi connectivity index (χ2n) is 6.81. The molecule has 2 aromatic heterocycles. The Kier molecular flexibility index (Phi) is 4.04. The Balaban J connectivity index is 1.95. The molecule has 1 aliphatic heterocycles. The van der Waals surface area contributed by atoms with E-state index in [9.17, 15) is 19.1 Å². The molecule has 1 N–H and O–H groups in total. The molecule has 1 aromatic carbocycles. The van der Waals surface area contributed by atoms with E-state index in [0.717, 1.165) is 24.7 Å². The molecule has 0 saturated heterocycles. The maximum Gasteiger partial charge on any atom is 0.341 e. The van der Waals surface area contributed by atoms with Crippen molar-refractivity contribution in [1.82, 2.24) is 14.5 Å². The van der Waals surface area contributed by atoms with Crippen molar-refractivity contribution in [3.8, 4) is 11.3 Å². The lowest BCUT2D eigenvalue weighted by molar-refractivity contribution is 0.0695. The van der Waals surface area contributed by atoms with Crippen molar-refractivity contribution in [3.63, 3.8) is 0 Å². The minimum atomic E-state index is -1.34. The summed E-state index contributed by atoms with van der Waals surface area (Å²) in [6.45, 7) is 3.87. The second-order valence-corrected chi connectivity index (χ2v) is 6.81. The lowest BCUT2D eigenvalue weighted by atomic mass is 10.0. The summed E-state index contributed by atoms with van der Waals surface area (Å²) in [5.41, 5.74) is 2.30. The molecule has 0 amide bonds. The van der Waals surface area contributed by atoms with Crippen molar-refractivity contribution in [2.45, 2.75) is 26.6 Å². The molecule has 6 nitrogen and oxygen atoms in total. The van der Waals surface area contributed by atoms with Crippen LogP contribution < -0.4 is 5.43 Å². The molecule has 0 saturated carbocycles. The molecule has 138 valence electrons. The molecule has 1 aliphatic rings. The summed E-state index contributed by atoms with van der Waals surface area (Å²) in [6, 6.07) is 6.82. The minimum absolute atomic E-state index is 0.0288. The molecule has 0 radical (unpaired) electrons. The summed E-state index contributed by atoms with van der Waals surface area (Å²) in [5.74, 6) is -1.98. The first-order chi connectivity index (χ1) is 12.9. The van der Waals surface area contributed by atoms with Gasteiger partial charge in [-0.15, -0.1) is 0 Å². The third-order valence-corrected chi connectivity index (χ3v) is 4.93. The Hall–Kier alpha value is -3.06. The topological polar surface area (TPSA) is 75.4 Å². The fourth-order valence-corrected chi connectivity index (χ4v) is 3.59. The van der Waals surface area contributed by atoms with Crippen LogP contribution in [0.25, 0.3) is 22.3 Å². The smallest absolute Gasteiger partial charge is 0.341 e. The standard InChI is InChI=1S/C20H18FN3O3/c1-3-24-10-15(20(26)27)18(25)14-7-16(21)17(22-19(14)24)11-4-5-12-8-23(2)9-13(12)6-11/h4-7,10H,3,8-9H2,1-2H3,(H,26,27). The first-order valence-corrected chi connectivity index (χ1v) is 8.66. The van der Waals surface area contributed by atoms with E-state index in [1.54, 1.807) is 4.57 Å². The number of benzene rings is 1. The Morgan fingerprint density at radius 1 is 1.26 bits per heavy atom. The molecule has 4 rings (SSSR count). The molecule has 0 atom stereocenters. The van der Waals surface area contributed by atoms with Crippen LogP contribution in [-0.2, 0) is 19.6 Å². The number of rotatable bonds is 3. The van der Waals surface area contributed by atoms with E-state index < -0.39 is 17.2 Å². The fraction of sp³-hybridized carbons (Fsp3) is 0.250. The number of carboxylic acid groups (broad SMARTS) is 1. The van der Waals surface area contributed by atoms with Crippen LogP contribution in [0.4, 0.5) is 4.39 Å². The third-order valence-electron chi connectivity index (χ3n) is 4.93. The fourth-order valence-electron chi connectivity index (χ4n) is 3.59. The third kappa shape index (κ3) is 2.80. The molecule has 7 heteroatoms. The first kappa shape index (κ1) is 17.4. The number of hydrogen-bond donors (Lipinski definition) is 1. The van der Waals surface area contributed by atoms with Crippen molar-refractivity contribution in [1.29, 1.82) is 0 Å². The number of carbonyl (C=O) groups is 1. The van der Waals surface area contributed by atoms with Gasteiger partial charge >= 0.3 is 5.97 Å². The zero-order chi connectivity index (χ0) is 19.3. The van der Waals surface area contributed by atoms with Crippen LogP contribution >= 0.6 is 0 Å². The number of halogens is 1. The van der Waals surface area contributed by atoms with Crippen molar-refractivity contribution in [2.24, 2.45) is 0 Å². The van der Waals surface area contributed by atoms with Gasteiger partial charge in [0.15, 0.2) is 0 Å². The average Bonchev–Trinajstić information content (AvgIpc) is 3.01. The van der Waals surface area contributed by atoms with Gasteiger partial charge in [-0.1, -0.05) is 12.1 Å². The quantitative estimate of drug-likeness (QED) is 0.770. The van der Waals surface area contributed by atoms with Crippen molar-refractivity contribution in [3.05, 3.63) is 63.2 Å². The summed E-state index contributed by atoms with van der Waals surface area (Å²) < 4.78 is 16.4. The predicted octanol–water partition coefficient (Wildman–Crippen LogP) is 2.87. The van der Waals surface area contributed by atoms with Gasteiger partial charge in [-0.25, -0.2) is 14.2 Å². The number of aromatic nitrogens is 2. The van der Waals surface area contributed by atoms with Crippen molar-refractivity contribution >= 4 is 17.0 Å². The number of carboxylic acids is 1. The van der Waals surface area contributed by atoms with Crippen LogP contribution in [0.15, 0.2) is 35.3 Å². The van der Waals surface area contributed by atoms with Gasteiger partial charge in [-0.2, -0.15) is 0 Å². The van der Waals surface area contributed by atoms with Crippen LogP contribution in [0.3, 0.4) is 0 Å². The molecule has 0 spiro atoms. The Labute approximate surface area is 154 Å². The summed E-state index contributed by atoms with van der Waals surface area (Å²) in [5, 5.41) is 9.20. The molecular formula is C20H18FN3O3. The normalized spacial score (nSPS) is 13.9. The van der Waals surface area contributed by atoms with E-state index in [-0.39, 0.29) is 22.3 Å². The Morgan fingerprint density at radius 3 is 2.70 bits per heavy atom. The first-order valence-electron chi connectivity index (χ1n) is 8.66. The molecule has 3 heterocycles. The molecular weight excluding hydrogens is 349 g/mol. The van der Waals surface area contributed by atoms with Gasteiger partial charge in [0.05, 0.1) is 5.39 Å². The highest BCUT2D eigenvalue weighted by Gasteiger charge is 2.20. The maximum atomic E-state index is 14.8. The zero-order valence-corrected chi connectivity index (χ0v) is 15.0. The van der Waals surface area contributed by atoms with Gasteiger partial charge in [0, 0.05) is 31.4 Å². The number of fused-ring (bicyclic) bond motifs is 2. The zero-order valence-electron chi connectivity index (χ0n) is 15.0. The van der Waals surface area contributed by atoms with Gasteiger partial charge in [0.1, 0.15) is 22.7 Å². The highest BCUT2D eigenvalue weighted by atomic mass is 19.1. The average molecular weight is 367 g/mol. The molecule has 0 bridgehead atoms. The summed E-state index contributed by atoms with van der Waals surface area (Å²) >= 11 is 0. The van der Waals surface area contributed by atoms with E-state index in [1.807, 2.05) is 32.2 Å². The van der Waals surface area contributed by atoms with Crippen LogP contribution in [0, 0.1) is 5.82 Å². The van der Waals surface area contributed by atoms with Crippen molar-refractivity contribution < 1.29 is 14.3 Å². The number of aryl methyl sites for hydroxylation is 1. The van der Waals surface area contributed by atoms with Gasteiger partial charge in [-0.3, -0.25) is 9.69 Å².